The summed E-state index contributed by atoms with van der Waals surface area (Å²) in [6, 6.07) is 7.60. The molecule has 3 aromatic rings. The molecule has 0 aliphatic heterocycles. The Morgan fingerprint density at radius 2 is 2.04 bits per heavy atom. The van der Waals surface area contributed by atoms with Crippen LogP contribution in [0.3, 0.4) is 0 Å². The Hall–Kier alpha value is -2.81. The highest BCUT2D eigenvalue weighted by Gasteiger charge is 2.35. The van der Waals surface area contributed by atoms with Gasteiger partial charge in [-0.3, -0.25) is 9.48 Å². The highest BCUT2D eigenvalue weighted by atomic mass is 35.5. The van der Waals surface area contributed by atoms with Crippen LogP contribution in [0.1, 0.15) is 16.1 Å². The minimum Gasteiger partial charge on any atom is -0.422 e. The summed E-state index contributed by atoms with van der Waals surface area (Å²) >= 11 is 5.94. The van der Waals surface area contributed by atoms with Crippen LogP contribution in [0.2, 0.25) is 5.02 Å². The molecule has 0 N–H and O–H groups in total. The third kappa shape index (κ3) is 4.30. The molecule has 3 rings (SSSR count). The van der Waals surface area contributed by atoms with Crippen LogP contribution in [0, 0.1) is 0 Å². The average molecular weight is 400 g/mol. The molecule has 142 valence electrons. The number of halogens is 4. The summed E-state index contributed by atoms with van der Waals surface area (Å²) in [5.41, 5.74) is -1.20. The molecule has 2 heterocycles. The summed E-state index contributed by atoms with van der Waals surface area (Å²) in [7, 11) is 1.54. The van der Waals surface area contributed by atoms with Crippen LogP contribution in [0.25, 0.3) is 11.0 Å². The Morgan fingerprint density at radius 3 is 2.67 bits per heavy atom. The van der Waals surface area contributed by atoms with Gasteiger partial charge in [0.25, 0.3) is 5.91 Å². The molecule has 27 heavy (non-hydrogen) atoms. The smallest absolute Gasteiger partial charge is 0.406 e. The van der Waals surface area contributed by atoms with E-state index in [1.54, 1.807) is 25.2 Å². The predicted octanol–water partition coefficient (Wildman–Crippen LogP) is 3.38. The van der Waals surface area contributed by atoms with E-state index in [1.807, 2.05) is 0 Å². The van der Waals surface area contributed by atoms with Gasteiger partial charge in [0, 0.05) is 18.6 Å². The van der Waals surface area contributed by atoms with E-state index in [0.717, 1.165) is 0 Å². The van der Waals surface area contributed by atoms with E-state index < -0.39 is 36.4 Å². The van der Waals surface area contributed by atoms with Crippen molar-refractivity contribution >= 4 is 28.5 Å². The lowest BCUT2D eigenvalue weighted by molar-refractivity contribution is -0.141. The van der Waals surface area contributed by atoms with Crippen molar-refractivity contribution in [2.24, 2.45) is 7.05 Å². The Balaban J connectivity index is 2.01. The fraction of sp³-hybridized carbons (Fsp3) is 0.235. The number of hydrogen-bond donors (Lipinski definition) is 0. The average Bonchev–Trinajstić information content (AvgIpc) is 2.89. The second kappa shape index (κ2) is 7.07. The van der Waals surface area contributed by atoms with Gasteiger partial charge in [-0.1, -0.05) is 29.8 Å². The minimum atomic E-state index is -4.67. The summed E-state index contributed by atoms with van der Waals surface area (Å²) in [6.07, 6.45) is -3.27. The summed E-state index contributed by atoms with van der Waals surface area (Å²) in [4.78, 5) is 25.3. The van der Waals surface area contributed by atoms with Crippen molar-refractivity contribution in [2.45, 2.75) is 12.7 Å². The molecule has 0 atom stereocenters. The Morgan fingerprint density at radius 1 is 1.33 bits per heavy atom. The molecule has 0 unspecified atom stereocenters. The number of rotatable bonds is 4. The fourth-order valence-electron chi connectivity index (χ4n) is 2.59. The zero-order valence-electron chi connectivity index (χ0n) is 14.0. The number of aromatic nitrogens is 2. The normalized spacial score (nSPS) is 11.7. The van der Waals surface area contributed by atoms with Gasteiger partial charge in [0.1, 0.15) is 23.4 Å². The molecule has 0 aliphatic rings. The highest BCUT2D eigenvalue weighted by molar-refractivity contribution is 6.31. The van der Waals surface area contributed by atoms with Crippen molar-refractivity contribution in [2.75, 3.05) is 6.54 Å². The lowest BCUT2D eigenvalue weighted by Crippen LogP contribution is -2.40. The predicted molar refractivity (Wildman–Crippen MR) is 91.5 cm³/mol. The number of para-hydroxylation sites is 1. The summed E-state index contributed by atoms with van der Waals surface area (Å²) < 4.78 is 45.3. The van der Waals surface area contributed by atoms with Gasteiger partial charge in [0.15, 0.2) is 0 Å². The largest absolute Gasteiger partial charge is 0.422 e. The molecular formula is C17H13ClF3N3O3. The Kier molecular flexibility index (Phi) is 4.97. The van der Waals surface area contributed by atoms with Crippen molar-refractivity contribution in [1.29, 1.82) is 0 Å². The number of amides is 1. The molecule has 0 spiro atoms. The van der Waals surface area contributed by atoms with Crippen molar-refractivity contribution in [1.82, 2.24) is 14.7 Å². The molecule has 2 aromatic heterocycles. The van der Waals surface area contributed by atoms with Crippen LogP contribution in [0.4, 0.5) is 13.2 Å². The Labute approximate surface area is 155 Å². The topological polar surface area (TPSA) is 68.3 Å². The van der Waals surface area contributed by atoms with Crippen LogP contribution in [-0.4, -0.2) is 33.3 Å². The van der Waals surface area contributed by atoms with Crippen LogP contribution < -0.4 is 5.63 Å². The van der Waals surface area contributed by atoms with Crippen LogP contribution in [0.15, 0.2) is 45.7 Å². The van der Waals surface area contributed by atoms with E-state index >= 15 is 0 Å². The molecule has 0 radical (unpaired) electrons. The number of carbonyl (C=O) groups excluding carboxylic acids is 1. The molecule has 10 heteroatoms. The van der Waals surface area contributed by atoms with E-state index in [0.29, 0.717) is 10.3 Å². The summed E-state index contributed by atoms with van der Waals surface area (Å²) in [5.74, 6) is -1.12. The van der Waals surface area contributed by atoms with Gasteiger partial charge in [0.2, 0.25) is 0 Å². The van der Waals surface area contributed by atoms with Gasteiger partial charge in [-0.2, -0.15) is 18.3 Å². The molecule has 1 aromatic carbocycles. The molecule has 0 fully saturated rings. The van der Waals surface area contributed by atoms with Crippen LogP contribution >= 0.6 is 11.6 Å². The molecule has 0 bridgehead atoms. The van der Waals surface area contributed by atoms with E-state index in [2.05, 4.69) is 5.10 Å². The maximum Gasteiger partial charge on any atom is 0.406 e. The molecule has 6 nitrogen and oxygen atoms in total. The first-order valence-corrected chi connectivity index (χ1v) is 8.09. The van der Waals surface area contributed by atoms with E-state index in [4.69, 9.17) is 16.0 Å². The summed E-state index contributed by atoms with van der Waals surface area (Å²) in [5, 5.41) is 4.48. The zero-order chi connectivity index (χ0) is 19.8. The van der Waals surface area contributed by atoms with Crippen molar-refractivity contribution in [3.05, 3.63) is 63.2 Å². The van der Waals surface area contributed by atoms with Crippen molar-refractivity contribution < 1.29 is 22.4 Å². The third-order valence-electron chi connectivity index (χ3n) is 3.72. The van der Waals surface area contributed by atoms with Gasteiger partial charge < -0.3 is 9.32 Å². The molecule has 0 saturated carbocycles. The maximum absolute atomic E-state index is 13.0. The second-order valence-electron chi connectivity index (χ2n) is 5.86. The zero-order valence-corrected chi connectivity index (χ0v) is 14.7. The second-order valence-corrected chi connectivity index (χ2v) is 6.27. The van der Waals surface area contributed by atoms with Gasteiger partial charge in [-0.15, -0.1) is 0 Å². The third-order valence-corrected chi connectivity index (χ3v) is 4.04. The van der Waals surface area contributed by atoms with Crippen molar-refractivity contribution in [3.8, 4) is 0 Å². The first-order chi connectivity index (χ1) is 12.6. The van der Waals surface area contributed by atoms with Gasteiger partial charge >= 0.3 is 11.8 Å². The number of benzene rings is 1. The van der Waals surface area contributed by atoms with Crippen LogP contribution in [0.5, 0.6) is 0 Å². The standard InChI is InChI=1S/C17H13ClF3N3O3/c1-23-7-12(18)13(22-23)8-24(9-17(19,20)21)15(25)11-6-10-4-2-3-5-14(10)27-16(11)26/h2-7H,8-9H2,1H3. The number of carbonyl (C=O) groups is 1. The lowest BCUT2D eigenvalue weighted by Gasteiger charge is -2.23. The first-order valence-electron chi connectivity index (χ1n) is 7.71. The number of aryl methyl sites for hydroxylation is 1. The first kappa shape index (κ1) is 19.0. The Bertz CT molecular complexity index is 1060. The summed E-state index contributed by atoms with van der Waals surface area (Å²) in [6.45, 7) is -2.07. The number of nitrogens with zero attached hydrogens (tertiary/aromatic N) is 3. The van der Waals surface area contributed by atoms with Crippen LogP contribution in [-0.2, 0) is 13.6 Å². The molecule has 0 saturated heterocycles. The van der Waals surface area contributed by atoms with Crippen molar-refractivity contribution in [3.63, 3.8) is 0 Å². The van der Waals surface area contributed by atoms with E-state index in [9.17, 15) is 22.8 Å². The highest BCUT2D eigenvalue weighted by Crippen LogP contribution is 2.22. The molecular weight excluding hydrogens is 387 g/mol. The number of hydrogen-bond acceptors (Lipinski definition) is 4. The van der Waals surface area contributed by atoms with Gasteiger partial charge in [-0.25, -0.2) is 4.79 Å². The minimum absolute atomic E-state index is 0.0851. The van der Waals surface area contributed by atoms with E-state index in [-0.39, 0.29) is 16.3 Å². The van der Waals surface area contributed by atoms with Gasteiger partial charge in [-0.05, 0) is 12.1 Å². The SMILES string of the molecule is Cn1cc(Cl)c(CN(CC(F)(F)F)C(=O)c2cc3ccccc3oc2=O)n1. The molecule has 0 aliphatic carbocycles. The maximum atomic E-state index is 13.0. The van der Waals surface area contributed by atoms with E-state index in [1.165, 1.54) is 23.0 Å². The van der Waals surface area contributed by atoms with Gasteiger partial charge in [0.05, 0.1) is 11.6 Å². The monoisotopic (exact) mass is 399 g/mol. The number of fused-ring (bicyclic) bond motifs is 1. The quantitative estimate of drug-likeness (QED) is 0.631. The molecule has 1 amide bonds. The lowest BCUT2D eigenvalue weighted by atomic mass is 10.1. The fourth-order valence-corrected chi connectivity index (χ4v) is 2.83. The number of alkyl halides is 3.